The molecule has 0 spiro atoms. The predicted molar refractivity (Wildman–Crippen MR) is 68.8 cm³/mol. The third kappa shape index (κ3) is 2.75. The molecule has 0 radical (unpaired) electrons. The minimum atomic E-state index is -1.11. The highest BCUT2D eigenvalue weighted by Crippen LogP contribution is 2.31. The summed E-state index contributed by atoms with van der Waals surface area (Å²) in [7, 11) is 1.18. The number of aromatic nitrogens is 1. The van der Waals surface area contributed by atoms with Crippen LogP contribution in [0.2, 0.25) is 0 Å². The van der Waals surface area contributed by atoms with Crippen molar-refractivity contribution < 1.29 is 24.9 Å². The van der Waals surface area contributed by atoms with Crippen LogP contribution in [0.3, 0.4) is 0 Å². The van der Waals surface area contributed by atoms with E-state index < -0.39 is 18.3 Å². The highest BCUT2D eigenvalue weighted by molar-refractivity contribution is 8.00. The number of esters is 1. The van der Waals surface area contributed by atoms with Gasteiger partial charge in [-0.25, -0.2) is 9.78 Å². The minimum absolute atomic E-state index is 0.229. The van der Waals surface area contributed by atoms with Crippen molar-refractivity contribution in [3.63, 3.8) is 0 Å². The highest BCUT2D eigenvalue weighted by atomic mass is 32.2. The summed E-state index contributed by atoms with van der Waals surface area (Å²) in [6.45, 7) is 0. The predicted octanol–water partition coefficient (Wildman–Crippen LogP) is 0.111. The van der Waals surface area contributed by atoms with Gasteiger partial charge in [-0.3, -0.25) is 4.31 Å². The first-order valence-corrected chi connectivity index (χ1v) is 6.55. The number of aromatic hydroxyl groups is 1. The van der Waals surface area contributed by atoms with Crippen molar-refractivity contribution in [3.8, 4) is 5.75 Å². The van der Waals surface area contributed by atoms with Gasteiger partial charge in [0.25, 0.3) is 0 Å². The number of anilines is 1. The molecule has 0 saturated carbocycles. The monoisotopic (exact) mass is 286 g/mol. The summed E-state index contributed by atoms with van der Waals surface area (Å²) in [4.78, 5) is 15.4. The third-order valence-electron chi connectivity index (χ3n) is 2.69. The molecule has 2 heterocycles. The second kappa shape index (κ2) is 5.64. The largest absolute Gasteiger partial charge is 0.505 e. The first kappa shape index (κ1) is 13.9. The molecular formula is C11H14N2O5S. The second-order valence-electron chi connectivity index (χ2n) is 3.96. The van der Waals surface area contributed by atoms with Gasteiger partial charge >= 0.3 is 5.97 Å². The van der Waals surface area contributed by atoms with Crippen molar-refractivity contribution in [1.82, 2.24) is 4.98 Å². The molecule has 0 aliphatic carbocycles. The maximum Gasteiger partial charge on any atom is 0.360 e. The number of ether oxygens (including phenoxy) is 1. The van der Waals surface area contributed by atoms with E-state index in [4.69, 9.17) is 0 Å². The van der Waals surface area contributed by atoms with Crippen LogP contribution in [0.15, 0.2) is 12.1 Å². The van der Waals surface area contributed by atoms with Crippen LogP contribution in [0.1, 0.15) is 16.9 Å². The Balaban J connectivity index is 2.32. The summed E-state index contributed by atoms with van der Waals surface area (Å²) >= 11 is 1.29. The van der Waals surface area contributed by atoms with Gasteiger partial charge in [-0.2, -0.15) is 0 Å². The molecule has 1 fully saturated rings. The van der Waals surface area contributed by atoms with Gasteiger partial charge in [-0.05, 0) is 30.5 Å². The molecule has 1 aliphatic heterocycles. The van der Waals surface area contributed by atoms with Gasteiger partial charge < -0.3 is 20.1 Å². The Morgan fingerprint density at radius 2 is 2.26 bits per heavy atom. The molecule has 7 nitrogen and oxygen atoms in total. The van der Waals surface area contributed by atoms with Crippen LogP contribution in [-0.2, 0) is 4.74 Å². The van der Waals surface area contributed by atoms with Gasteiger partial charge in [0, 0.05) is 5.75 Å². The highest BCUT2D eigenvalue weighted by Gasteiger charge is 2.31. The van der Waals surface area contributed by atoms with Crippen molar-refractivity contribution in [2.75, 3.05) is 17.2 Å². The molecular weight excluding hydrogens is 272 g/mol. The summed E-state index contributed by atoms with van der Waals surface area (Å²) in [5.41, 5.74) is -0.229. The Labute approximate surface area is 114 Å². The van der Waals surface area contributed by atoms with Crippen molar-refractivity contribution >= 4 is 23.7 Å². The van der Waals surface area contributed by atoms with Crippen molar-refractivity contribution in [3.05, 3.63) is 17.8 Å². The Hall–Kier alpha value is -1.51. The Morgan fingerprint density at radius 3 is 2.95 bits per heavy atom. The van der Waals surface area contributed by atoms with Gasteiger partial charge in [0.05, 0.1) is 7.11 Å². The third-order valence-corrected chi connectivity index (χ3v) is 3.79. The lowest BCUT2D eigenvalue weighted by atomic mass is 10.2. The minimum Gasteiger partial charge on any atom is -0.505 e. The van der Waals surface area contributed by atoms with Crippen LogP contribution in [0.4, 0.5) is 5.82 Å². The smallest absolute Gasteiger partial charge is 0.360 e. The maximum absolute atomic E-state index is 11.4. The van der Waals surface area contributed by atoms with Crippen LogP contribution < -0.4 is 4.31 Å². The summed E-state index contributed by atoms with van der Waals surface area (Å²) < 4.78 is 5.91. The van der Waals surface area contributed by atoms with E-state index in [-0.39, 0.29) is 17.3 Å². The lowest BCUT2D eigenvalue weighted by Crippen LogP contribution is -2.44. The summed E-state index contributed by atoms with van der Waals surface area (Å²) in [6.07, 6.45) is -1.51. The number of methoxy groups -OCH3 is 1. The van der Waals surface area contributed by atoms with E-state index in [1.54, 1.807) is 0 Å². The molecule has 0 amide bonds. The number of carbonyl (C=O) groups excluding carboxylic acids is 1. The van der Waals surface area contributed by atoms with Crippen LogP contribution >= 0.6 is 11.9 Å². The molecule has 19 heavy (non-hydrogen) atoms. The van der Waals surface area contributed by atoms with Gasteiger partial charge in [-0.15, -0.1) is 0 Å². The molecule has 3 N–H and O–H groups in total. The number of rotatable bonds is 2. The topological polar surface area (TPSA) is 103 Å². The molecule has 2 atom stereocenters. The Bertz CT molecular complexity index is 484. The van der Waals surface area contributed by atoms with E-state index in [0.29, 0.717) is 12.2 Å². The zero-order valence-electron chi connectivity index (χ0n) is 10.2. The van der Waals surface area contributed by atoms with E-state index in [1.165, 1.54) is 35.5 Å². The van der Waals surface area contributed by atoms with Crippen LogP contribution in [-0.4, -0.2) is 51.5 Å². The summed E-state index contributed by atoms with van der Waals surface area (Å²) in [6, 6.07) is 2.75. The molecule has 2 rings (SSSR count). The van der Waals surface area contributed by atoms with E-state index in [0.717, 1.165) is 0 Å². The standard InChI is InChI=1S/C11H14N2O5S/c1-18-11(17)9-6(14)2-3-8(12-9)13-10(16)7(15)4-5-19-13/h2-3,7,10,14-16H,4-5H2,1H3. The second-order valence-corrected chi connectivity index (χ2v) is 5.02. The number of aliphatic hydroxyl groups excluding tert-OH is 2. The van der Waals surface area contributed by atoms with E-state index in [1.807, 2.05) is 0 Å². The van der Waals surface area contributed by atoms with Crippen molar-refractivity contribution in [1.29, 1.82) is 0 Å². The summed E-state index contributed by atoms with van der Waals surface area (Å²) in [5, 5.41) is 29.1. The molecule has 0 aromatic carbocycles. The van der Waals surface area contributed by atoms with Gasteiger partial charge in [0.2, 0.25) is 0 Å². The molecule has 2 unspecified atom stereocenters. The lowest BCUT2D eigenvalue weighted by Gasteiger charge is -2.34. The van der Waals surface area contributed by atoms with Crippen LogP contribution in [0.25, 0.3) is 0 Å². The number of hydrogen-bond donors (Lipinski definition) is 3. The molecule has 104 valence electrons. The summed E-state index contributed by atoms with van der Waals surface area (Å²) in [5.74, 6) is -0.174. The average molecular weight is 286 g/mol. The number of nitrogens with zero attached hydrogens (tertiary/aromatic N) is 2. The number of pyridine rings is 1. The van der Waals surface area contributed by atoms with Gasteiger partial charge in [0.1, 0.15) is 17.7 Å². The Kier molecular flexibility index (Phi) is 4.13. The molecule has 0 bridgehead atoms. The number of carbonyl (C=O) groups is 1. The quantitative estimate of drug-likeness (QED) is 0.520. The van der Waals surface area contributed by atoms with Crippen molar-refractivity contribution in [2.45, 2.75) is 18.8 Å². The SMILES string of the molecule is COC(=O)c1nc(N2SCCC(O)C2O)ccc1O. The van der Waals surface area contributed by atoms with E-state index in [9.17, 15) is 20.1 Å². The molecule has 1 aromatic rings. The molecule has 1 aromatic heterocycles. The fourth-order valence-electron chi connectivity index (χ4n) is 1.67. The van der Waals surface area contributed by atoms with Crippen LogP contribution in [0.5, 0.6) is 5.75 Å². The first-order valence-electron chi connectivity index (χ1n) is 5.61. The number of hydrogen-bond acceptors (Lipinski definition) is 8. The van der Waals surface area contributed by atoms with Gasteiger partial charge in [-0.1, -0.05) is 0 Å². The number of aliphatic hydroxyl groups is 2. The zero-order valence-corrected chi connectivity index (χ0v) is 11.0. The van der Waals surface area contributed by atoms with Crippen molar-refractivity contribution in [2.24, 2.45) is 0 Å². The zero-order chi connectivity index (χ0) is 14.0. The fraction of sp³-hybridized carbons (Fsp3) is 0.455. The average Bonchev–Trinajstić information content (AvgIpc) is 2.42. The van der Waals surface area contributed by atoms with Crippen LogP contribution in [0, 0.1) is 0 Å². The normalized spacial score (nSPS) is 23.2. The molecule has 8 heteroatoms. The lowest BCUT2D eigenvalue weighted by molar-refractivity contribution is 0.0232. The molecule has 1 aliphatic rings. The van der Waals surface area contributed by atoms with E-state index >= 15 is 0 Å². The van der Waals surface area contributed by atoms with E-state index in [2.05, 4.69) is 9.72 Å². The molecule has 1 saturated heterocycles. The first-order chi connectivity index (χ1) is 9.04. The fourth-order valence-corrected chi connectivity index (χ4v) is 2.74. The Morgan fingerprint density at radius 1 is 1.53 bits per heavy atom. The maximum atomic E-state index is 11.4. The van der Waals surface area contributed by atoms with Gasteiger partial charge in [0.15, 0.2) is 11.9 Å².